The van der Waals surface area contributed by atoms with Crippen molar-refractivity contribution in [2.45, 2.75) is 44.2 Å². The molecule has 10 heteroatoms. The summed E-state index contributed by atoms with van der Waals surface area (Å²) in [5.41, 5.74) is 1.79. The Bertz CT molecular complexity index is 1440. The zero-order valence-electron chi connectivity index (χ0n) is 19.0. The van der Waals surface area contributed by atoms with Gasteiger partial charge in [-0.25, -0.2) is 9.78 Å². The number of aryl methyl sites for hydroxylation is 2. The van der Waals surface area contributed by atoms with Crippen LogP contribution in [0.1, 0.15) is 30.3 Å². The van der Waals surface area contributed by atoms with Gasteiger partial charge >= 0.3 is 5.69 Å². The number of benzene rings is 2. The summed E-state index contributed by atoms with van der Waals surface area (Å²) in [6, 6.07) is 14.4. The van der Waals surface area contributed by atoms with Crippen molar-refractivity contribution in [3.63, 3.8) is 0 Å². The number of nitro groups is 1. The smallest absolute Gasteiger partial charge is 0.332 e. The monoisotopic (exact) mass is 479 g/mol. The van der Waals surface area contributed by atoms with Crippen molar-refractivity contribution in [2.24, 2.45) is 0 Å². The molecule has 0 saturated heterocycles. The molecule has 0 unspecified atom stereocenters. The molecular weight excluding hydrogens is 454 g/mol. The number of aromatic amines is 1. The molecule has 0 bridgehead atoms. The number of hydrogen-bond donors (Lipinski definition) is 1. The van der Waals surface area contributed by atoms with Gasteiger partial charge in [-0.1, -0.05) is 31.2 Å². The Morgan fingerprint density at radius 3 is 2.29 bits per heavy atom. The molecule has 0 saturated carbocycles. The Morgan fingerprint density at radius 2 is 1.68 bits per heavy atom. The Kier molecular flexibility index (Phi) is 6.97. The third-order valence-corrected chi connectivity index (χ3v) is 6.40. The second kappa shape index (κ2) is 10.1. The second-order valence-corrected chi connectivity index (χ2v) is 8.85. The van der Waals surface area contributed by atoms with Crippen molar-refractivity contribution in [3.8, 4) is 0 Å². The number of nitrogens with zero attached hydrogens (tertiary/aromatic N) is 4. The van der Waals surface area contributed by atoms with Gasteiger partial charge in [0, 0.05) is 36.5 Å². The Balaban J connectivity index is 1.70. The van der Waals surface area contributed by atoms with Crippen LogP contribution in [0.4, 0.5) is 5.69 Å². The molecule has 4 aromatic rings. The summed E-state index contributed by atoms with van der Waals surface area (Å²) in [6.45, 7) is 2.52. The van der Waals surface area contributed by atoms with Crippen LogP contribution in [0.15, 0.2) is 63.0 Å². The van der Waals surface area contributed by atoms with Crippen LogP contribution < -0.4 is 11.2 Å². The van der Waals surface area contributed by atoms with Gasteiger partial charge in [0.15, 0.2) is 5.65 Å². The van der Waals surface area contributed by atoms with Crippen LogP contribution in [-0.2, 0) is 25.9 Å². The van der Waals surface area contributed by atoms with Crippen molar-refractivity contribution >= 4 is 28.6 Å². The van der Waals surface area contributed by atoms with Crippen LogP contribution in [0, 0.1) is 10.1 Å². The van der Waals surface area contributed by atoms with Gasteiger partial charge in [0.05, 0.1) is 4.92 Å². The van der Waals surface area contributed by atoms with Gasteiger partial charge in [0.2, 0.25) is 0 Å². The van der Waals surface area contributed by atoms with Gasteiger partial charge in [-0.05, 0) is 42.4 Å². The quantitative estimate of drug-likeness (QED) is 0.222. The highest BCUT2D eigenvalue weighted by atomic mass is 32.2. The maximum absolute atomic E-state index is 13.2. The lowest BCUT2D eigenvalue weighted by Gasteiger charge is -2.10. The zero-order valence-corrected chi connectivity index (χ0v) is 19.8. The molecule has 0 amide bonds. The predicted molar refractivity (Wildman–Crippen MR) is 133 cm³/mol. The molecule has 9 nitrogen and oxygen atoms in total. The summed E-state index contributed by atoms with van der Waals surface area (Å²) < 4.78 is 2.76. The van der Waals surface area contributed by atoms with Crippen LogP contribution in [0.2, 0.25) is 0 Å². The van der Waals surface area contributed by atoms with E-state index in [2.05, 4.69) is 9.97 Å². The summed E-state index contributed by atoms with van der Waals surface area (Å²) in [7, 11) is 0. The lowest BCUT2D eigenvalue weighted by atomic mass is 10.1. The van der Waals surface area contributed by atoms with E-state index in [-0.39, 0.29) is 11.2 Å². The molecule has 0 spiro atoms. The van der Waals surface area contributed by atoms with Crippen molar-refractivity contribution in [1.82, 2.24) is 19.1 Å². The SMILES string of the molecule is CCCn1c(=O)c2[nH]c(Cc3ccc(SC)cc3)nc2n(CCc2ccc([N+](=O)[O-])cc2)c1=O. The minimum absolute atomic E-state index is 0.0160. The third-order valence-electron chi connectivity index (χ3n) is 5.66. The molecule has 0 fully saturated rings. The van der Waals surface area contributed by atoms with E-state index in [0.29, 0.717) is 49.3 Å². The highest BCUT2D eigenvalue weighted by Crippen LogP contribution is 2.18. The minimum Gasteiger partial charge on any atom is -0.336 e. The molecule has 0 aliphatic heterocycles. The Hall–Kier alpha value is -3.66. The molecule has 1 N–H and O–H groups in total. The average Bonchev–Trinajstić information content (AvgIpc) is 3.26. The fourth-order valence-electron chi connectivity index (χ4n) is 3.88. The summed E-state index contributed by atoms with van der Waals surface area (Å²) in [6.07, 6.45) is 3.64. The van der Waals surface area contributed by atoms with Gasteiger partial charge in [-0.3, -0.25) is 24.0 Å². The molecule has 0 aliphatic carbocycles. The molecule has 2 aromatic carbocycles. The van der Waals surface area contributed by atoms with Crippen molar-refractivity contribution in [1.29, 1.82) is 0 Å². The lowest BCUT2D eigenvalue weighted by molar-refractivity contribution is -0.384. The number of rotatable bonds is 9. The second-order valence-electron chi connectivity index (χ2n) is 7.97. The van der Waals surface area contributed by atoms with Crippen LogP contribution >= 0.6 is 11.8 Å². The van der Waals surface area contributed by atoms with Crippen molar-refractivity contribution in [3.05, 3.63) is 96.4 Å². The summed E-state index contributed by atoms with van der Waals surface area (Å²) in [5.74, 6) is 0.613. The lowest BCUT2D eigenvalue weighted by Crippen LogP contribution is -2.40. The van der Waals surface area contributed by atoms with Gasteiger partial charge in [-0.2, -0.15) is 0 Å². The van der Waals surface area contributed by atoms with Gasteiger partial charge in [0.1, 0.15) is 11.3 Å². The van der Waals surface area contributed by atoms with E-state index in [0.717, 1.165) is 16.0 Å². The largest absolute Gasteiger partial charge is 0.336 e. The minimum atomic E-state index is -0.446. The molecule has 2 heterocycles. The number of hydrogen-bond acceptors (Lipinski definition) is 6. The summed E-state index contributed by atoms with van der Waals surface area (Å²) >= 11 is 1.67. The normalized spacial score (nSPS) is 11.2. The Morgan fingerprint density at radius 1 is 1.00 bits per heavy atom. The number of thioether (sulfide) groups is 1. The molecule has 4 rings (SSSR count). The molecule has 0 aliphatic rings. The molecule has 0 radical (unpaired) electrons. The molecule has 0 atom stereocenters. The predicted octanol–water partition coefficient (Wildman–Crippen LogP) is 3.76. The fourth-order valence-corrected chi connectivity index (χ4v) is 4.29. The topological polar surface area (TPSA) is 116 Å². The van der Waals surface area contributed by atoms with E-state index < -0.39 is 10.6 Å². The number of aromatic nitrogens is 4. The third kappa shape index (κ3) is 4.81. The maximum atomic E-state index is 13.2. The summed E-state index contributed by atoms with van der Waals surface area (Å²) in [4.78, 5) is 45.6. The van der Waals surface area contributed by atoms with E-state index in [1.54, 1.807) is 23.9 Å². The van der Waals surface area contributed by atoms with Crippen LogP contribution in [-0.4, -0.2) is 30.3 Å². The van der Waals surface area contributed by atoms with Gasteiger partial charge in [0.25, 0.3) is 11.2 Å². The van der Waals surface area contributed by atoms with Crippen LogP contribution in [0.25, 0.3) is 11.2 Å². The number of nitro benzene ring substituents is 1. The van der Waals surface area contributed by atoms with Gasteiger partial charge < -0.3 is 4.98 Å². The first-order chi connectivity index (χ1) is 16.4. The Labute approximate surface area is 199 Å². The number of imidazole rings is 1. The number of H-pyrrole nitrogens is 1. The van der Waals surface area contributed by atoms with Crippen molar-refractivity contribution < 1.29 is 4.92 Å². The maximum Gasteiger partial charge on any atom is 0.332 e. The van der Waals surface area contributed by atoms with E-state index in [1.165, 1.54) is 21.3 Å². The first kappa shape index (κ1) is 23.5. The molecule has 176 valence electrons. The van der Waals surface area contributed by atoms with E-state index >= 15 is 0 Å². The first-order valence-electron chi connectivity index (χ1n) is 11.0. The van der Waals surface area contributed by atoms with Crippen LogP contribution in [0.3, 0.4) is 0 Å². The number of nitrogens with one attached hydrogen (secondary N) is 1. The molecule has 2 aromatic heterocycles. The highest BCUT2D eigenvalue weighted by molar-refractivity contribution is 7.98. The van der Waals surface area contributed by atoms with E-state index in [9.17, 15) is 19.7 Å². The molecule has 34 heavy (non-hydrogen) atoms. The fraction of sp³-hybridized carbons (Fsp3) is 0.292. The highest BCUT2D eigenvalue weighted by Gasteiger charge is 2.17. The average molecular weight is 480 g/mol. The number of fused-ring (bicyclic) bond motifs is 1. The van der Waals surface area contributed by atoms with E-state index in [1.807, 2.05) is 37.4 Å². The number of non-ortho nitro benzene ring substituents is 1. The standard InChI is InChI=1S/C24H25N5O4S/c1-3-13-28-23(30)21-22(26-20(25-21)15-17-6-10-19(34-2)11-7-17)27(24(28)31)14-12-16-4-8-18(9-5-16)29(32)33/h4-11H,3,12-15H2,1-2H3,(H,25,26). The van der Waals surface area contributed by atoms with E-state index in [4.69, 9.17) is 0 Å². The van der Waals surface area contributed by atoms with Gasteiger partial charge in [-0.15, -0.1) is 11.8 Å². The van der Waals surface area contributed by atoms with Crippen molar-refractivity contribution in [2.75, 3.05) is 6.26 Å². The summed E-state index contributed by atoms with van der Waals surface area (Å²) in [5, 5.41) is 10.9. The molecular formula is C24H25N5O4S. The van der Waals surface area contributed by atoms with Crippen LogP contribution in [0.5, 0.6) is 0 Å². The zero-order chi connectivity index (χ0) is 24.2. The first-order valence-corrected chi connectivity index (χ1v) is 12.2.